The van der Waals surface area contributed by atoms with E-state index in [-0.39, 0.29) is 17.6 Å². The lowest BCUT2D eigenvalue weighted by Gasteiger charge is -2.02. The molecule has 3 aromatic rings. The van der Waals surface area contributed by atoms with Crippen LogP contribution in [0, 0.1) is 0 Å². The number of amides is 2. The number of hydrogen-bond donors (Lipinski definition) is 2. The maximum atomic E-state index is 12.2. The van der Waals surface area contributed by atoms with Crippen molar-refractivity contribution in [1.29, 1.82) is 0 Å². The highest BCUT2D eigenvalue weighted by molar-refractivity contribution is 8.01. The Labute approximate surface area is 183 Å². The molecule has 0 saturated carbocycles. The average Bonchev–Trinajstić information content (AvgIpc) is 3.36. The van der Waals surface area contributed by atoms with Gasteiger partial charge in [0, 0.05) is 5.56 Å². The third-order valence-corrected chi connectivity index (χ3v) is 7.05. The van der Waals surface area contributed by atoms with Crippen LogP contribution in [0.4, 0.5) is 10.3 Å². The lowest BCUT2D eigenvalue weighted by atomic mass is 10.2. The van der Waals surface area contributed by atoms with Crippen LogP contribution in [0.1, 0.15) is 17.3 Å². The topological polar surface area (TPSA) is 119 Å². The smallest absolute Gasteiger partial charge is 0.257 e. The number of methoxy groups -OCH3 is 1. The Bertz CT molecular complexity index is 975. The minimum absolute atomic E-state index is 0.150. The van der Waals surface area contributed by atoms with E-state index in [9.17, 15) is 9.59 Å². The van der Waals surface area contributed by atoms with Crippen molar-refractivity contribution in [2.24, 2.45) is 0 Å². The predicted molar refractivity (Wildman–Crippen MR) is 117 cm³/mol. The van der Waals surface area contributed by atoms with E-state index in [2.05, 4.69) is 31.0 Å². The van der Waals surface area contributed by atoms with Crippen molar-refractivity contribution in [3.05, 3.63) is 29.8 Å². The molecule has 2 amide bonds. The maximum absolute atomic E-state index is 12.2. The average molecular weight is 469 g/mol. The maximum Gasteiger partial charge on any atom is 0.257 e. The Balaban J connectivity index is 1.47. The highest BCUT2D eigenvalue weighted by Gasteiger charge is 2.13. The molecule has 0 aliphatic carbocycles. The molecule has 2 aromatic heterocycles. The number of carbonyl (C=O) groups excluding carboxylic acids is 2. The van der Waals surface area contributed by atoms with Crippen molar-refractivity contribution in [3.8, 4) is 5.75 Å². The fraction of sp³-hybridized carbons (Fsp3) is 0.250. The zero-order chi connectivity index (χ0) is 20.6. The van der Waals surface area contributed by atoms with Gasteiger partial charge in [0.25, 0.3) is 5.91 Å². The second kappa shape index (κ2) is 10.5. The van der Waals surface area contributed by atoms with Gasteiger partial charge in [-0.3, -0.25) is 20.2 Å². The lowest BCUT2D eigenvalue weighted by Crippen LogP contribution is -2.13. The van der Waals surface area contributed by atoms with Crippen LogP contribution in [-0.4, -0.2) is 50.8 Å². The fourth-order valence-corrected chi connectivity index (χ4v) is 5.17. The highest BCUT2D eigenvalue weighted by Crippen LogP contribution is 2.27. The van der Waals surface area contributed by atoms with Crippen LogP contribution < -0.4 is 15.4 Å². The molecule has 0 atom stereocenters. The van der Waals surface area contributed by atoms with Gasteiger partial charge >= 0.3 is 0 Å². The number of benzene rings is 1. The Kier molecular flexibility index (Phi) is 7.80. The van der Waals surface area contributed by atoms with Crippen LogP contribution in [0.25, 0.3) is 0 Å². The summed E-state index contributed by atoms with van der Waals surface area (Å²) in [5.74, 6) is 1.21. The summed E-state index contributed by atoms with van der Waals surface area (Å²) in [6.07, 6.45) is 0. The van der Waals surface area contributed by atoms with Gasteiger partial charge in [0.1, 0.15) is 5.75 Å². The van der Waals surface area contributed by atoms with E-state index in [1.165, 1.54) is 34.4 Å². The van der Waals surface area contributed by atoms with Crippen molar-refractivity contribution in [1.82, 2.24) is 20.4 Å². The normalized spacial score (nSPS) is 10.6. The molecule has 2 N–H and O–H groups in total. The van der Waals surface area contributed by atoms with Gasteiger partial charge in [0.2, 0.25) is 16.2 Å². The van der Waals surface area contributed by atoms with E-state index >= 15 is 0 Å². The van der Waals surface area contributed by atoms with Crippen molar-refractivity contribution in [2.75, 3.05) is 29.2 Å². The summed E-state index contributed by atoms with van der Waals surface area (Å²) >= 11 is 5.34. The highest BCUT2D eigenvalue weighted by atomic mass is 32.2. The van der Waals surface area contributed by atoms with Crippen molar-refractivity contribution >= 4 is 68.3 Å². The van der Waals surface area contributed by atoms with Gasteiger partial charge in [0.15, 0.2) is 8.68 Å². The molecule has 0 spiro atoms. The largest absolute Gasteiger partial charge is 0.497 e. The van der Waals surface area contributed by atoms with E-state index in [0.29, 0.717) is 25.9 Å². The Hall–Kier alpha value is -2.22. The molecule has 3 rings (SSSR count). The number of nitrogens with one attached hydrogen (secondary N) is 2. The third kappa shape index (κ3) is 6.39. The molecule has 1 aromatic carbocycles. The summed E-state index contributed by atoms with van der Waals surface area (Å²) in [5.41, 5.74) is 0.479. The number of thioether (sulfide) groups is 2. The van der Waals surface area contributed by atoms with Crippen LogP contribution in [0.3, 0.4) is 0 Å². The van der Waals surface area contributed by atoms with E-state index in [1.807, 2.05) is 6.92 Å². The van der Waals surface area contributed by atoms with E-state index in [0.717, 1.165) is 10.1 Å². The minimum Gasteiger partial charge on any atom is -0.497 e. The molecule has 0 unspecified atom stereocenters. The number of carbonyl (C=O) groups is 2. The minimum atomic E-state index is -0.296. The van der Waals surface area contributed by atoms with Gasteiger partial charge in [-0.15, -0.1) is 20.4 Å². The Morgan fingerprint density at radius 3 is 2.21 bits per heavy atom. The quantitative estimate of drug-likeness (QED) is 0.359. The van der Waals surface area contributed by atoms with Crippen LogP contribution in [0.5, 0.6) is 5.75 Å². The molecule has 0 aliphatic heterocycles. The van der Waals surface area contributed by atoms with Crippen LogP contribution in [0.2, 0.25) is 0 Å². The number of nitrogens with zero attached hydrogens (tertiary/aromatic N) is 4. The van der Waals surface area contributed by atoms with Gasteiger partial charge in [-0.05, 0) is 30.0 Å². The second-order valence-corrected chi connectivity index (χ2v) is 9.89. The first kappa shape index (κ1) is 21.5. The van der Waals surface area contributed by atoms with E-state index in [4.69, 9.17) is 4.74 Å². The van der Waals surface area contributed by atoms with Crippen molar-refractivity contribution in [2.45, 2.75) is 15.6 Å². The summed E-state index contributed by atoms with van der Waals surface area (Å²) < 4.78 is 6.46. The van der Waals surface area contributed by atoms with Gasteiger partial charge in [-0.2, -0.15) is 0 Å². The molecular weight excluding hydrogens is 452 g/mol. The molecule has 0 fully saturated rings. The zero-order valence-corrected chi connectivity index (χ0v) is 18.6. The van der Waals surface area contributed by atoms with Crippen LogP contribution in [-0.2, 0) is 4.79 Å². The van der Waals surface area contributed by atoms with Gasteiger partial charge < -0.3 is 4.74 Å². The summed E-state index contributed by atoms with van der Waals surface area (Å²) in [4.78, 5) is 24.3. The van der Waals surface area contributed by atoms with Crippen molar-refractivity contribution in [3.63, 3.8) is 0 Å². The third-order valence-electron chi connectivity index (χ3n) is 3.23. The molecular formula is C16H16N6O3S4. The standard InChI is InChI=1S/C16H16N6O3S4/c1-3-26-15-21-19-13(28-15)17-11(23)8-27-16-22-20-14(29-16)18-12(24)9-4-6-10(25-2)7-5-9/h4-7H,3,8H2,1-2H3,(H,17,19,23)(H,18,20,24). The van der Waals surface area contributed by atoms with E-state index in [1.54, 1.807) is 43.1 Å². The molecule has 2 heterocycles. The zero-order valence-electron chi connectivity index (χ0n) is 15.4. The van der Waals surface area contributed by atoms with E-state index < -0.39 is 0 Å². The number of hydrogen-bond acceptors (Lipinski definition) is 11. The van der Waals surface area contributed by atoms with Gasteiger partial charge in [-0.1, -0.05) is 53.1 Å². The Morgan fingerprint density at radius 1 is 0.966 bits per heavy atom. The molecule has 0 bridgehead atoms. The van der Waals surface area contributed by atoms with Gasteiger partial charge in [0.05, 0.1) is 12.9 Å². The van der Waals surface area contributed by atoms with Gasteiger partial charge in [-0.25, -0.2) is 0 Å². The fourth-order valence-electron chi connectivity index (χ4n) is 1.96. The summed E-state index contributed by atoms with van der Waals surface area (Å²) in [6.45, 7) is 2.02. The first-order valence-electron chi connectivity index (χ1n) is 8.25. The molecule has 0 radical (unpaired) electrons. The first-order valence-corrected chi connectivity index (χ1v) is 11.9. The molecule has 0 aliphatic rings. The molecule has 152 valence electrons. The monoisotopic (exact) mass is 468 g/mol. The van der Waals surface area contributed by atoms with Crippen LogP contribution in [0.15, 0.2) is 32.9 Å². The molecule has 9 nitrogen and oxygen atoms in total. The summed E-state index contributed by atoms with van der Waals surface area (Å²) in [5, 5.41) is 22.1. The SMILES string of the molecule is CCSc1nnc(NC(=O)CSc2nnc(NC(=O)c3ccc(OC)cc3)s2)s1. The Morgan fingerprint density at radius 2 is 1.59 bits per heavy atom. The number of ether oxygens (including phenoxy) is 1. The number of rotatable bonds is 9. The molecule has 0 saturated heterocycles. The number of anilines is 2. The van der Waals surface area contributed by atoms with Crippen molar-refractivity contribution < 1.29 is 14.3 Å². The summed E-state index contributed by atoms with van der Waals surface area (Å²) in [6, 6.07) is 6.73. The first-order chi connectivity index (χ1) is 14.1. The summed E-state index contributed by atoms with van der Waals surface area (Å²) in [7, 11) is 1.56. The predicted octanol–water partition coefficient (Wildman–Crippen LogP) is 3.49. The molecule has 13 heteroatoms. The number of aromatic nitrogens is 4. The molecule has 29 heavy (non-hydrogen) atoms. The second-order valence-electron chi connectivity index (χ2n) is 5.20. The lowest BCUT2D eigenvalue weighted by molar-refractivity contribution is -0.113. The van der Waals surface area contributed by atoms with Crippen LogP contribution >= 0.6 is 46.2 Å².